The molecule has 5 aromatic rings. The van der Waals surface area contributed by atoms with E-state index in [4.69, 9.17) is 11.6 Å². The van der Waals surface area contributed by atoms with Gasteiger partial charge in [0.1, 0.15) is 0 Å². The van der Waals surface area contributed by atoms with Crippen LogP contribution in [0.25, 0.3) is 28.0 Å². The van der Waals surface area contributed by atoms with Crippen LogP contribution in [0.2, 0.25) is 5.02 Å². The number of nitrogens with zero attached hydrogens (tertiary/aromatic N) is 4. The zero-order chi connectivity index (χ0) is 23.1. The fraction of sp³-hybridized carbons (Fsp3) is 0.115. The number of hydrogen-bond donors (Lipinski definition) is 1. The van der Waals surface area contributed by atoms with Crippen molar-refractivity contribution >= 4 is 45.9 Å². The van der Waals surface area contributed by atoms with Gasteiger partial charge in [0.25, 0.3) is 0 Å². The van der Waals surface area contributed by atoms with Gasteiger partial charge in [-0.2, -0.15) is 0 Å². The SMILES string of the molecule is O=C(CSc1nnc(-c2c[nH]c3ccccc23)n1-c1ccc(Cl)cc1)N1CCc2ccccc21. The topological polar surface area (TPSA) is 66.8 Å². The number of anilines is 1. The molecule has 3 aromatic carbocycles. The Morgan fingerprint density at radius 1 is 1.00 bits per heavy atom. The predicted octanol–water partition coefficient (Wildman–Crippen LogP) is 5.75. The maximum Gasteiger partial charge on any atom is 0.237 e. The van der Waals surface area contributed by atoms with Gasteiger partial charge >= 0.3 is 0 Å². The van der Waals surface area contributed by atoms with Gasteiger partial charge in [-0.15, -0.1) is 10.2 Å². The number of benzene rings is 3. The molecule has 34 heavy (non-hydrogen) atoms. The molecule has 1 aliphatic rings. The van der Waals surface area contributed by atoms with Crippen LogP contribution in [-0.4, -0.2) is 38.0 Å². The fourth-order valence-electron chi connectivity index (χ4n) is 4.42. The van der Waals surface area contributed by atoms with Crippen molar-refractivity contribution in [3.8, 4) is 17.1 Å². The maximum absolute atomic E-state index is 13.1. The Labute approximate surface area is 205 Å². The van der Waals surface area contributed by atoms with Gasteiger partial charge in [-0.1, -0.05) is 59.8 Å². The number of aromatic amines is 1. The number of carbonyl (C=O) groups is 1. The third kappa shape index (κ3) is 3.67. The Morgan fingerprint density at radius 2 is 1.79 bits per heavy atom. The van der Waals surface area contributed by atoms with Crippen LogP contribution < -0.4 is 4.90 Å². The summed E-state index contributed by atoms with van der Waals surface area (Å²) < 4.78 is 1.99. The second-order valence-corrected chi connectivity index (χ2v) is 9.46. The van der Waals surface area contributed by atoms with Gasteiger partial charge in [0.15, 0.2) is 11.0 Å². The van der Waals surface area contributed by atoms with Crippen molar-refractivity contribution in [1.82, 2.24) is 19.7 Å². The highest BCUT2D eigenvalue weighted by Gasteiger charge is 2.25. The molecule has 3 heterocycles. The largest absolute Gasteiger partial charge is 0.360 e. The highest BCUT2D eigenvalue weighted by molar-refractivity contribution is 7.99. The molecule has 1 aliphatic heterocycles. The normalized spacial score (nSPS) is 12.9. The van der Waals surface area contributed by atoms with Gasteiger partial charge in [0.05, 0.1) is 5.75 Å². The van der Waals surface area contributed by atoms with Gasteiger partial charge in [0.2, 0.25) is 5.91 Å². The van der Waals surface area contributed by atoms with Crippen molar-refractivity contribution in [2.45, 2.75) is 11.6 Å². The average molecular weight is 486 g/mol. The first-order chi connectivity index (χ1) is 16.7. The molecule has 0 aliphatic carbocycles. The number of H-pyrrole nitrogens is 1. The Morgan fingerprint density at radius 3 is 2.68 bits per heavy atom. The lowest BCUT2D eigenvalue weighted by atomic mass is 10.1. The smallest absolute Gasteiger partial charge is 0.237 e. The van der Waals surface area contributed by atoms with Gasteiger partial charge in [-0.05, 0) is 48.4 Å². The summed E-state index contributed by atoms with van der Waals surface area (Å²) >= 11 is 7.54. The Balaban J connectivity index is 1.35. The van der Waals surface area contributed by atoms with E-state index in [9.17, 15) is 4.79 Å². The van der Waals surface area contributed by atoms with Gasteiger partial charge in [-0.3, -0.25) is 9.36 Å². The first-order valence-corrected chi connectivity index (χ1v) is 12.3. The summed E-state index contributed by atoms with van der Waals surface area (Å²) in [5, 5.41) is 11.4. The molecule has 0 saturated heterocycles. The number of amides is 1. The maximum atomic E-state index is 13.1. The Hall–Kier alpha value is -3.55. The number of thioether (sulfide) groups is 1. The lowest BCUT2D eigenvalue weighted by Gasteiger charge is -2.17. The Kier molecular flexibility index (Phi) is 5.36. The minimum atomic E-state index is 0.0641. The minimum absolute atomic E-state index is 0.0641. The van der Waals surface area contributed by atoms with Crippen molar-refractivity contribution in [3.63, 3.8) is 0 Å². The molecule has 0 unspecified atom stereocenters. The monoisotopic (exact) mass is 485 g/mol. The summed E-state index contributed by atoms with van der Waals surface area (Å²) in [6.45, 7) is 0.712. The summed E-state index contributed by atoms with van der Waals surface area (Å²) in [5.41, 5.74) is 5.08. The van der Waals surface area contributed by atoms with E-state index in [2.05, 4.69) is 27.3 Å². The van der Waals surface area contributed by atoms with Crippen LogP contribution in [0.5, 0.6) is 0 Å². The molecule has 6 nitrogen and oxygen atoms in total. The molecule has 0 fully saturated rings. The molecular weight excluding hydrogens is 466 g/mol. The average Bonchev–Trinajstić information content (AvgIpc) is 3.59. The molecule has 0 atom stereocenters. The van der Waals surface area contributed by atoms with E-state index in [1.54, 1.807) is 0 Å². The van der Waals surface area contributed by atoms with E-state index in [1.165, 1.54) is 17.3 Å². The molecule has 168 valence electrons. The zero-order valence-corrected chi connectivity index (χ0v) is 19.7. The molecule has 0 saturated carbocycles. The molecule has 8 heteroatoms. The van der Waals surface area contributed by atoms with E-state index in [1.807, 2.05) is 76.3 Å². The summed E-state index contributed by atoms with van der Waals surface area (Å²) in [6, 6.07) is 23.7. The van der Waals surface area contributed by atoms with E-state index >= 15 is 0 Å². The number of hydrogen-bond acceptors (Lipinski definition) is 4. The number of rotatable bonds is 5. The van der Waals surface area contributed by atoms with Crippen LogP contribution in [0, 0.1) is 0 Å². The highest BCUT2D eigenvalue weighted by Crippen LogP contribution is 2.34. The number of carbonyl (C=O) groups excluding carboxylic acids is 1. The van der Waals surface area contributed by atoms with Gasteiger partial charge < -0.3 is 9.88 Å². The highest BCUT2D eigenvalue weighted by atomic mass is 35.5. The standard InChI is InChI=1S/C26H20ClN5OS/c27-18-9-11-19(12-10-18)32-25(21-15-28-22-7-3-2-6-20(21)22)29-30-26(32)34-16-24(33)31-14-13-17-5-1-4-8-23(17)31/h1-12,15,28H,13-14,16H2. The van der Waals surface area contributed by atoms with Crippen LogP contribution in [0.4, 0.5) is 5.69 Å². The molecule has 0 bridgehead atoms. The fourth-order valence-corrected chi connectivity index (χ4v) is 5.37. The molecule has 0 spiro atoms. The van der Waals surface area contributed by atoms with E-state index in [-0.39, 0.29) is 11.7 Å². The summed E-state index contributed by atoms with van der Waals surface area (Å²) in [7, 11) is 0. The molecule has 6 rings (SSSR count). The summed E-state index contributed by atoms with van der Waals surface area (Å²) in [6.07, 6.45) is 2.83. The molecule has 2 aromatic heterocycles. The third-order valence-corrected chi connectivity index (χ3v) is 7.23. The van der Waals surface area contributed by atoms with E-state index in [0.29, 0.717) is 22.5 Å². The van der Waals surface area contributed by atoms with Crippen LogP contribution in [0.1, 0.15) is 5.56 Å². The number of halogens is 1. The van der Waals surface area contributed by atoms with Crippen molar-refractivity contribution in [2.24, 2.45) is 0 Å². The number of para-hydroxylation sites is 2. The zero-order valence-electron chi connectivity index (χ0n) is 18.1. The van der Waals surface area contributed by atoms with Crippen LogP contribution in [0.3, 0.4) is 0 Å². The molecular formula is C26H20ClN5OS. The van der Waals surface area contributed by atoms with Crippen LogP contribution in [-0.2, 0) is 11.2 Å². The summed E-state index contributed by atoms with van der Waals surface area (Å²) in [4.78, 5) is 18.3. The van der Waals surface area contributed by atoms with Crippen LogP contribution >= 0.6 is 23.4 Å². The van der Waals surface area contributed by atoms with Gasteiger partial charge in [0, 0.05) is 45.6 Å². The lowest BCUT2D eigenvalue weighted by Crippen LogP contribution is -2.30. The quantitative estimate of drug-likeness (QED) is 0.322. The number of aromatic nitrogens is 4. The Bertz CT molecular complexity index is 1510. The first-order valence-electron chi connectivity index (χ1n) is 11.0. The van der Waals surface area contributed by atoms with Crippen molar-refractivity contribution in [2.75, 3.05) is 17.2 Å². The van der Waals surface area contributed by atoms with Crippen molar-refractivity contribution in [3.05, 3.63) is 89.6 Å². The van der Waals surface area contributed by atoms with Crippen molar-refractivity contribution in [1.29, 1.82) is 0 Å². The van der Waals surface area contributed by atoms with Gasteiger partial charge in [-0.25, -0.2) is 0 Å². The first kappa shape index (κ1) is 21.0. The second kappa shape index (κ2) is 8.66. The predicted molar refractivity (Wildman–Crippen MR) is 137 cm³/mol. The molecule has 1 N–H and O–H groups in total. The van der Waals surface area contributed by atoms with Crippen molar-refractivity contribution < 1.29 is 4.79 Å². The third-order valence-electron chi connectivity index (χ3n) is 6.06. The molecule has 1 amide bonds. The number of fused-ring (bicyclic) bond motifs is 2. The lowest BCUT2D eigenvalue weighted by molar-refractivity contribution is -0.116. The number of nitrogens with one attached hydrogen (secondary N) is 1. The summed E-state index contributed by atoms with van der Waals surface area (Å²) in [5.74, 6) is 1.05. The minimum Gasteiger partial charge on any atom is -0.360 e. The van der Waals surface area contributed by atoms with E-state index < -0.39 is 0 Å². The van der Waals surface area contributed by atoms with E-state index in [0.717, 1.165) is 34.3 Å². The van der Waals surface area contributed by atoms with Crippen LogP contribution in [0.15, 0.2) is 84.1 Å². The second-order valence-electron chi connectivity index (χ2n) is 8.08. The molecule has 0 radical (unpaired) electrons.